The fourth-order valence-corrected chi connectivity index (χ4v) is 3.18. The third-order valence-electron chi connectivity index (χ3n) is 2.80. The van der Waals surface area contributed by atoms with E-state index in [1.807, 2.05) is 0 Å². The van der Waals surface area contributed by atoms with Gasteiger partial charge in [-0.1, -0.05) is 29.8 Å². The molecule has 18 heavy (non-hydrogen) atoms. The lowest BCUT2D eigenvalue weighted by Gasteiger charge is -2.13. The molecule has 0 saturated heterocycles. The zero-order valence-electron chi connectivity index (χ0n) is 10.3. The van der Waals surface area contributed by atoms with Gasteiger partial charge in [0.05, 0.1) is 3.79 Å². The van der Waals surface area contributed by atoms with Gasteiger partial charge in [-0.3, -0.25) is 0 Å². The third kappa shape index (κ3) is 3.92. The van der Waals surface area contributed by atoms with E-state index in [0.717, 1.165) is 13.1 Å². The topological polar surface area (TPSA) is 38.0 Å². The van der Waals surface area contributed by atoms with Crippen molar-refractivity contribution in [3.63, 3.8) is 0 Å². The second kappa shape index (κ2) is 6.48. The van der Waals surface area contributed by atoms with E-state index in [1.165, 1.54) is 19.8 Å². The van der Waals surface area contributed by atoms with Crippen LogP contribution in [0.15, 0.2) is 40.2 Å². The highest BCUT2D eigenvalue weighted by atomic mass is 79.9. The Kier molecular flexibility index (Phi) is 4.95. The second-order valence-electron chi connectivity index (χ2n) is 4.35. The fourth-order valence-electron chi connectivity index (χ4n) is 1.73. The number of nitrogens with two attached hydrogens (primary N) is 1. The first-order valence-electron chi connectivity index (χ1n) is 5.92. The lowest BCUT2D eigenvalue weighted by molar-refractivity contribution is 0.601. The molecule has 2 nitrogen and oxygen atoms in total. The van der Waals surface area contributed by atoms with Gasteiger partial charge in [-0.2, -0.15) is 0 Å². The van der Waals surface area contributed by atoms with Crippen LogP contribution in [0.25, 0.3) is 0 Å². The number of halogens is 1. The summed E-state index contributed by atoms with van der Waals surface area (Å²) in [6.45, 7) is 3.75. The summed E-state index contributed by atoms with van der Waals surface area (Å²) in [5, 5.41) is 3.39. The molecule has 0 radical (unpaired) electrons. The van der Waals surface area contributed by atoms with Crippen molar-refractivity contribution >= 4 is 27.3 Å². The van der Waals surface area contributed by atoms with Gasteiger partial charge in [0.15, 0.2) is 0 Å². The quantitative estimate of drug-likeness (QED) is 0.881. The van der Waals surface area contributed by atoms with E-state index >= 15 is 0 Å². The summed E-state index contributed by atoms with van der Waals surface area (Å²) in [5.41, 5.74) is 8.59. The molecule has 0 fully saturated rings. The average molecular weight is 325 g/mol. The molecule has 2 aromatic rings. The Morgan fingerprint density at radius 1 is 1.22 bits per heavy atom. The predicted molar refractivity (Wildman–Crippen MR) is 81.8 cm³/mol. The highest BCUT2D eigenvalue weighted by molar-refractivity contribution is 9.11. The highest BCUT2D eigenvalue weighted by Gasteiger charge is 2.05. The van der Waals surface area contributed by atoms with Crippen molar-refractivity contribution in [2.75, 3.05) is 6.54 Å². The molecule has 0 spiro atoms. The third-order valence-corrected chi connectivity index (χ3v) is 4.42. The molecule has 0 saturated carbocycles. The van der Waals surface area contributed by atoms with Gasteiger partial charge in [-0.25, -0.2) is 0 Å². The standard InChI is InChI=1S/C14H17BrN2S/c1-10-2-4-11(5-3-10)13(16)9-17-8-12-6-7-14(15)18-12/h2-7,13,17H,8-9,16H2,1H3. The van der Waals surface area contributed by atoms with E-state index in [0.29, 0.717) is 0 Å². The van der Waals surface area contributed by atoms with Crippen LogP contribution in [0.3, 0.4) is 0 Å². The van der Waals surface area contributed by atoms with E-state index in [2.05, 4.69) is 64.6 Å². The van der Waals surface area contributed by atoms with E-state index in [9.17, 15) is 0 Å². The molecule has 96 valence electrons. The molecule has 1 aromatic heterocycles. The Morgan fingerprint density at radius 2 is 1.94 bits per heavy atom. The Hall–Kier alpha value is -0.680. The summed E-state index contributed by atoms with van der Waals surface area (Å²) in [6.07, 6.45) is 0. The molecule has 0 aliphatic rings. The van der Waals surface area contributed by atoms with Gasteiger partial charge in [0.1, 0.15) is 0 Å². The molecular formula is C14H17BrN2S. The zero-order chi connectivity index (χ0) is 13.0. The average Bonchev–Trinajstić information content (AvgIpc) is 2.76. The maximum absolute atomic E-state index is 6.15. The van der Waals surface area contributed by atoms with E-state index in [-0.39, 0.29) is 6.04 Å². The largest absolute Gasteiger partial charge is 0.323 e. The number of nitrogens with one attached hydrogen (secondary N) is 1. The highest BCUT2D eigenvalue weighted by Crippen LogP contribution is 2.21. The Labute approximate surface area is 120 Å². The number of aryl methyl sites for hydroxylation is 1. The number of thiophene rings is 1. The second-order valence-corrected chi connectivity index (χ2v) is 6.90. The minimum Gasteiger partial charge on any atom is -0.323 e. The van der Waals surface area contributed by atoms with Crippen molar-refractivity contribution in [3.05, 3.63) is 56.2 Å². The van der Waals surface area contributed by atoms with Crippen LogP contribution in [0.1, 0.15) is 22.0 Å². The minimum atomic E-state index is 0.0500. The fraction of sp³-hybridized carbons (Fsp3) is 0.286. The van der Waals surface area contributed by atoms with Gasteiger partial charge in [-0.15, -0.1) is 11.3 Å². The molecule has 0 amide bonds. The first kappa shape index (κ1) is 13.7. The maximum atomic E-state index is 6.15. The first-order valence-corrected chi connectivity index (χ1v) is 7.53. The lowest BCUT2D eigenvalue weighted by Crippen LogP contribution is -2.26. The molecule has 1 atom stereocenters. The zero-order valence-corrected chi connectivity index (χ0v) is 12.7. The SMILES string of the molecule is Cc1ccc(C(N)CNCc2ccc(Br)s2)cc1. The smallest absolute Gasteiger partial charge is 0.0701 e. The first-order chi connectivity index (χ1) is 8.65. The monoisotopic (exact) mass is 324 g/mol. The number of rotatable bonds is 5. The Morgan fingerprint density at radius 3 is 2.56 bits per heavy atom. The Bertz CT molecular complexity index is 493. The molecule has 4 heteroatoms. The molecule has 1 unspecified atom stereocenters. The van der Waals surface area contributed by atoms with Crippen molar-refractivity contribution in [1.29, 1.82) is 0 Å². The van der Waals surface area contributed by atoms with Gasteiger partial charge >= 0.3 is 0 Å². The van der Waals surface area contributed by atoms with Crippen LogP contribution in [-0.4, -0.2) is 6.54 Å². The van der Waals surface area contributed by atoms with E-state index in [4.69, 9.17) is 5.73 Å². The molecule has 0 aliphatic carbocycles. The summed E-state index contributed by atoms with van der Waals surface area (Å²) in [5.74, 6) is 0. The number of hydrogen-bond donors (Lipinski definition) is 2. The van der Waals surface area contributed by atoms with Crippen LogP contribution >= 0.6 is 27.3 Å². The summed E-state index contributed by atoms with van der Waals surface area (Å²) >= 11 is 5.21. The molecule has 0 bridgehead atoms. The van der Waals surface area contributed by atoms with Crippen LogP contribution in [0.4, 0.5) is 0 Å². The summed E-state index contributed by atoms with van der Waals surface area (Å²) in [6, 6.07) is 12.7. The van der Waals surface area contributed by atoms with Gasteiger partial charge < -0.3 is 11.1 Å². The Balaban J connectivity index is 1.81. The molecule has 1 aromatic carbocycles. The van der Waals surface area contributed by atoms with Crippen molar-refractivity contribution in [2.24, 2.45) is 5.73 Å². The van der Waals surface area contributed by atoms with Crippen LogP contribution in [0.5, 0.6) is 0 Å². The molecule has 3 N–H and O–H groups in total. The van der Waals surface area contributed by atoms with Gasteiger partial charge in [-0.05, 0) is 40.5 Å². The summed E-state index contributed by atoms with van der Waals surface area (Å²) in [7, 11) is 0. The van der Waals surface area contributed by atoms with Crippen LogP contribution < -0.4 is 11.1 Å². The van der Waals surface area contributed by atoms with E-state index < -0.39 is 0 Å². The van der Waals surface area contributed by atoms with Crippen molar-refractivity contribution in [3.8, 4) is 0 Å². The van der Waals surface area contributed by atoms with Crippen LogP contribution in [-0.2, 0) is 6.54 Å². The van der Waals surface area contributed by atoms with Crippen molar-refractivity contribution < 1.29 is 0 Å². The van der Waals surface area contributed by atoms with Gasteiger partial charge in [0.2, 0.25) is 0 Å². The molecule has 2 rings (SSSR count). The predicted octanol–water partition coefficient (Wildman–Crippen LogP) is 3.61. The molecule has 1 heterocycles. The normalized spacial score (nSPS) is 12.6. The molecule has 0 aliphatic heterocycles. The maximum Gasteiger partial charge on any atom is 0.0701 e. The minimum absolute atomic E-state index is 0.0500. The van der Waals surface area contributed by atoms with Crippen molar-refractivity contribution in [2.45, 2.75) is 19.5 Å². The summed E-state index contributed by atoms with van der Waals surface area (Å²) in [4.78, 5) is 1.32. The number of hydrogen-bond acceptors (Lipinski definition) is 3. The number of benzene rings is 1. The van der Waals surface area contributed by atoms with E-state index in [1.54, 1.807) is 11.3 Å². The molecular weight excluding hydrogens is 308 g/mol. The summed E-state index contributed by atoms with van der Waals surface area (Å²) < 4.78 is 1.17. The van der Waals surface area contributed by atoms with Gasteiger partial charge in [0.25, 0.3) is 0 Å². The van der Waals surface area contributed by atoms with Crippen LogP contribution in [0.2, 0.25) is 0 Å². The lowest BCUT2D eigenvalue weighted by atomic mass is 10.1. The van der Waals surface area contributed by atoms with Crippen LogP contribution in [0, 0.1) is 6.92 Å². The van der Waals surface area contributed by atoms with Crippen molar-refractivity contribution in [1.82, 2.24) is 5.32 Å². The van der Waals surface area contributed by atoms with Gasteiger partial charge in [0, 0.05) is 24.0 Å².